The van der Waals surface area contributed by atoms with Gasteiger partial charge in [-0.1, -0.05) is 48.5 Å². The predicted molar refractivity (Wildman–Crippen MR) is 124 cm³/mol. The third kappa shape index (κ3) is 5.10. The van der Waals surface area contributed by atoms with Gasteiger partial charge < -0.3 is 9.47 Å². The molecular weight excluding hydrogens is 400 g/mol. The number of carbonyl (C=O) groups excluding carboxylic acids is 2. The van der Waals surface area contributed by atoms with Crippen molar-refractivity contribution in [2.75, 3.05) is 0 Å². The number of hydrogen-bond acceptors (Lipinski definition) is 4. The largest absolute Gasteiger partial charge is 0.423 e. The lowest BCUT2D eigenvalue weighted by Gasteiger charge is -2.11. The quantitative estimate of drug-likeness (QED) is 0.275. The Bertz CT molecular complexity index is 1160. The third-order valence-corrected chi connectivity index (χ3v) is 4.87. The predicted octanol–water partition coefficient (Wildman–Crippen LogP) is 6.41. The fraction of sp³-hybridized carbons (Fsp3) is 0.0714. The second-order valence-electron chi connectivity index (χ2n) is 7.58. The van der Waals surface area contributed by atoms with Gasteiger partial charge >= 0.3 is 11.9 Å². The van der Waals surface area contributed by atoms with Crippen molar-refractivity contribution in [1.82, 2.24) is 0 Å². The zero-order valence-electron chi connectivity index (χ0n) is 17.9. The maximum Gasteiger partial charge on any atom is 0.343 e. The van der Waals surface area contributed by atoms with E-state index in [2.05, 4.69) is 0 Å². The summed E-state index contributed by atoms with van der Waals surface area (Å²) in [6.07, 6.45) is 0. The summed E-state index contributed by atoms with van der Waals surface area (Å²) in [5.74, 6) is 0.110. The van der Waals surface area contributed by atoms with E-state index in [1.54, 1.807) is 48.5 Å². The summed E-state index contributed by atoms with van der Waals surface area (Å²) < 4.78 is 11.0. The monoisotopic (exact) mass is 422 g/mol. The minimum absolute atomic E-state index is 0.433. The number of rotatable bonds is 5. The van der Waals surface area contributed by atoms with E-state index >= 15 is 0 Å². The van der Waals surface area contributed by atoms with E-state index < -0.39 is 11.9 Å². The number of hydrogen-bond donors (Lipinski definition) is 0. The fourth-order valence-electron chi connectivity index (χ4n) is 3.44. The van der Waals surface area contributed by atoms with Gasteiger partial charge in [0.1, 0.15) is 11.5 Å². The van der Waals surface area contributed by atoms with Crippen LogP contribution in [0.1, 0.15) is 31.8 Å². The van der Waals surface area contributed by atoms with E-state index in [4.69, 9.17) is 9.47 Å². The van der Waals surface area contributed by atoms with Crippen molar-refractivity contribution >= 4 is 11.9 Å². The van der Waals surface area contributed by atoms with E-state index in [0.29, 0.717) is 22.6 Å². The van der Waals surface area contributed by atoms with Crippen LogP contribution >= 0.6 is 0 Å². The number of aryl methyl sites for hydroxylation is 2. The standard InChI is InChI=1S/C28H22O4/c1-19-13-21(17-23(15-19)27(29)31-25-9-5-3-6-10-25)22-14-20(2)16-24(18-22)28(30)32-26-11-7-4-8-12-26/h3-18H,1-2H3. The van der Waals surface area contributed by atoms with E-state index in [-0.39, 0.29) is 0 Å². The second kappa shape index (κ2) is 9.31. The Morgan fingerprint density at radius 3 is 1.28 bits per heavy atom. The summed E-state index contributed by atoms with van der Waals surface area (Å²) in [5, 5.41) is 0. The lowest BCUT2D eigenvalue weighted by molar-refractivity contribution is 0.0725. The third-order valence-electron chi connectivity index (χ3n) is 4.87. The molecule has 4 rings (SSSR count). The van der Waals surface area contributed by atoms with E-state index in [1.165, 1.54) is 0 Å². The Kier molecular flexibility index (Phi) is 6.13. The van der Waals surface area contributed by atoms with Gasteiger partial charge in [-0.2, -0.15) is 0 Å². The smallest absolute Gasteiger partial charge is 0.343 e. The molecule has 0 bridgehead atoms. The maximum atomic E-state index is 12.7. The van der Waals surface area contributed by atoms with Gasteiger partial charge in [0.25, 0.3) is 0 Å². The zero-order valence-corrected chi connectivity index (χ0v) is 17.9. The second-order valence-corrected chi connectivity index (χ2v) is 7.58. The van der Waals surface area contributed by atoms with E-state index in [1.807, 2.05) is 62.4 Å². The summed E-state index contributed by atoms with van der Waals surface area (Å²) in [7, 11) is 0. The fourth-order valence-corrected chi connectivity index (χ4v) is 3.44. The zero-order chi connectivity index (χ0) is 22.5. The van der Waals surface area contributed by atoms with Crippen LogP contribution in [0.15, 0.2) is 97.1 Å². The normalized spacial score (nSPS) is 10.4. The molecule has 0 aliphatic carbocycles. The first-order valence-corrected chi connectivity index (χ1v) is 10.3. The molecule has 0 radical (unpaired) electrons. The van der Waals surface area contributed by atoms with Gasteiger partial charge in [0.15, 0.2) is 0 Å². The van der Waals surface area contributed by atoms with Crippen molar-refractivity contribution in [2.45, 2.75) is 13.8 Å². The molecule has 0 spiro atoms. The molecule has 4 nitrogen and oxygen atoms in total. The molecule has 4 aromatic rings. The molecule has 0 heterocycles. The molecule has 4 heteroatoms. The molecule has 0 amide bonds. The Morgan fingerprint density at radius 2 is 0.906 bits per heavy atom. The van der Waals surface area contributed by atoms with Gasteiger partial charge in [0, 0.05) is 0 Å². The molecule has 0 unspecified atom stereocenters. The first-order chi connectivity index (χ1) is 15.5. The molecule has 0 saturated heterocycles. The van der Waals surface area contributed by atoms with Crippen molar-refractivity contribution in [1.29, 1.82) is 0 Å². The minimum Gasteiger partial charge on any atom is -0.423 e. The van der Waals surface area contributed by atoms with Crippen molar-refractivity contribution in [2.24, 2.45) is 0 Å². The van der Waals surface area contributed by atoms with Gasteiger partial charge in [0.2, 0.25) is 0 Å². The van der Waals surface area contributed by atoms with Crippen LogP contribution in [-0.4, -0.2) is 11.9 Å². The van der Waals surface area contributed by atoms with Crippen LogP contribution in [0.5, 0.6) is 11.5 Å². The Hall–Kier alpha value is -4.18. The number of ether oxygens (including phenoxy) is 2. The van der Waals surface area contributed by atoms with Gasteiger partial charge in [-0.05, 0) is 84.6 Å². The minimum atomic E-state index is -0.433. The highest BCUT2D eigenvalue weighted by molar-refractivity contribution is 5.95. The molecule has 158 valence electrons. The van der Waals surface area contributed by atoms with Crippen molar-refractivity contribution in [3.63, 3.8) is 0 Å². The molecule has 0 N–H and O–H groups in total. The number of benzene rings is 4. The summed E-state index contributed by atoms with van der Waals surface area (Å²) >= 11 is 0. The van der Waals surface area contributed by atoms with Gasteiger partial charge in [0.05, 0.1) is 11.1 Å². The highest BCUT2D eigenvalue weighted by Crippen LogP contribution is 2.26. The van der Waals surface area contributed by atoms with Crippen molar-refractivity contribution in [3.8, 4) is 22.6 Å². The van der Waals surface area contributed by atoms with Crippen molar-refractivity contribution < 1.29 is 19.1 Å². The number of carbonyl (C=O) groups is 2. The van der Waals surface area contributed by atoms with Gasteiger partial charge in [-0.15, -0.1) is 0 Å². The summed E-state index contributed by atoms with van der Waals surface area (Å²) in [6.45, 7) is 3.84. The molecule has 0 aliphatic rings. The highest BCUT2D eigenvalue weighted by atomic mass is 16.5. The van der Waals surface area contributed by atoms with Crippen molar-refractivity contribution in [3.05, 3.63) is 119 Å². The first kappa shape index (κ1) is 21.1. The maximum absolute atomic E-state index is 12.7. The van der Waals surface area contributed by atoms with Crippen LogP contribution in [0.3, 0.4) is 0 Å². The highest BCUT2D eigenvalue weighted by Gasteiger charge is 2.14. The summed E-state index contributed by atoms with van der Waals surface area (Å²) in [5.41, 5.74) is 4.36. The molecule has 0 fully saturated rings. The van der Waals surface area contributed by atoms with Crippen LogP contribution in [0.25, 0.3) is 11.1 Å². The van der Waals surface area contributed by atoms with Crippen LogP contribution in [0, 0.1) is 13.8 Å². The molecule has 0 aliphatic heterocycles. The van der Waals surface area contributed by atoms with Crippen LogP contribution < -0.4 is 9.47 Å². The topological polar surface area (TPSA) is 52.6 Å². The van der Waals surface area contributed by atoms with Gasteiger partial charge in [-0.25, -0.2) is 9.59 Å². The first-order valence-electron chi connectivity index (χ1n) is 10.3. The Morgan fingerprint density at radius 1 is 0.531 bits per heavy atom. The average Bonchev–Trinajstić information content (AvgIpc) is 2.79. The lowest BCUT2D eigenvalue weighted by Crippen LogP contribution is -2.10. The molecule has 0 aromatic heterocycles. The average molecular weight is 422 g/mol. The SMILES string of the molecule is Cc1cc(C(=O)Oc2ccccc2)cc(-c2cc(C)cc(C(=O)Oc3ccccc3)c2)c1. The van der Waals surface area contributed by atoms with Gasteiger partial charge in [-0.3, -0.25) is 0 Å². The summed E-state index contributed by atoms with van der Waals surface area (Å²) in [4.78, 5) is 25.4. The lowest BCUT2D eigenvalue weighted by atomic mass is 9.97. The molecule has 32 heavy (non-hydrogen) atoms. The Balaban J connectivity index is 1.63. The molecular formula is C28H22O4. The molecule has 0 saturated carbocycles. The van der Waals surface area contributed by atoms with E-state index in [9.17, 15) is 9.59 Å². The van der Waals surface area contributed by atoms with Crippen LogP contribution in [0.2, 0.25) is 0 Å². The summed E-state index contributed by atoms with van der Waals surface area (Å²) in [6, 6.07) is 29.0. The van der Waals surface area contributed by atoms with E-state index in [0.717, 1.165) is 22.3 Å². The Labute approximate surface area is 187 Å². The molecule has 0 atom stereocenters. The number of para-hydroxylation sites is 2. The number of esters is 2. The van der Waals surface area contributed by atoms with Crippen LogP contribution in [0.4, 0.5) is 0 Å². The molecule has 4 aromatic carbocycles. The van der Waals surface area contributed by atoms with Crippen LogP contribution in [-0.2, 0) is 0 Å².